The Labute approximate surface area is 255 Å². The van der Waals surface area contributed by atoms with Crippen LogP contribution in [0.15, 0.2) is 72.8 Å². The van der Waals surface area contributed by atoms with E-state index < -0.39 is 11.9 Å². The number of nitrogen functional groups attached to an aromatic ring is 1. The lowest BCUT2D eigenvalue weighted by molar-refractivity contribution is -0.123. The molecular weight excluding hydrogens is 564 g/mol. The molecule has 43 heavy (non-hydrogen) atoms. The van der Waals surface area contributed by atoms with Gasteiger partial charge in [-0.1, -0.05) is 37.5 Å². The average Bonchev–Trinajstić information content (AvgIpc) is 3.44. The molecule has 0 saturated heterocycles. The largest absolute Gasteiger partial charge is 0.497 e. The van der Waals surface area contributed by atoms with E-state index in [1.54, 1.807) is 57.7 Å². The van der Waals surface area contributed by atoms with E-state index in [2.05, 4.69) is 9.69 Å². The van der Waals surface area contributed by atoms with Crippen LogP contribution in [0, 0.1) is 0 Å². The molecule has 1 atom stereocenters. The van der Waals surface area contributed by atoms with Crippen molar-refractivity contribution in [2.45, 2.75) is 44.2 Å². The molecule has 0 aliphatic heterocycles. The zero-order valence-corrected chi connectivity index (χ0v) is 25.4. The molecule has 1 unspecified atom stereocenters. The highest BCUT2D eigenvalue weighted by molar-refractivity contribution is 7.09. The van der Waals surface area contributed by atoms with Crippen LogP contribution in [0.1, 0.15) is 53.4 Å². The molecule has 4 aromatic rings. The summed E-state index contributed by atoms with van der Waals surface area (Å²) in [5.74, 6) is 1.18. The minimum Gasteiger partial charge on any atom is -0.497 e. The van der Waals surface area contributed by atoms with Gasteiger partial charge in [-0.2, -0.15) is 4.37 Å². The zero-order chi connectivity index (χ0) is 30.3. The van der Waals surface area contributed by atoms with Crippen molar-refractivity contribution in [3.05, 3.63) is 83.2 Å². The normalized spacial score (nSPS) is 14.0. The lowest BCUT2D eigenvalue weighted by atomic mass is 9.94. The minimum atomic E-state index is -1.00. The number of aromatic nitrogens is 1. The highest BCUT2D eigenvalue weighted by Crippen LogP contribution is 2.38. The molecular formula is C33H36N4O5S. The molecule has 9 nitrogen and oxygen atoms in total. The molecule has 0 bridgehead atoms. The summed E-state index contributed by atoms with van der Waals surface area (Å²) in [5, 5.41) is 3.24. The third-order valence-corrected chi connectivity index (χ3v) is 8.58. The first-order chi connectivity index (χ1) is 20.9. The smallest absolute Gasteiger partial charge is 0.273 e. The molecule has 10 heteroatoms. The van der Waals surface area contributed by atoms with Crippen LogP contribution in [0.25, 0.3) is 11.3 Å². The summed E-state index contributed by atoms with van der Waals surface area (Å²) in [7, 11) is 4.74. The Kier molecular flexibility index (Phi) is 9.46. The van der Waals surface area contributed by atoms with E-state index >= 15 is 0 Å². The standard InChI is InChI=1S/C33H36N4O5S/c1-40-25-16-12-21(13-17-25)29-28(34)31(43-36-29)33(39)37(24-10-7-11-27(20-24)42-3)30(22-14-18-26(41-2)19-15-22)32(38)35-23-8-5-4-6-9-23/h7,10-20,23,30H,4-6,8-9,34H2,1-3H3,(H,35,38). The number of nitrogens with zero attached hydrogens (tertiary/aromatic N) is 2. The van der Waals surface area contributed by atoms with Gasteiger partial charge in [0.25, 0.3) is 5.91 Å². The van der Waals surface area contributed by atoms with E-state index in [1.165, 1.54) is 4.90 Å². The van der Waals surface area contributed by atoms with Crippen LogP contribution in [0.2, 0.25) is 0 Å². The van der Waals surface area contributed by atoms with Crippen LogP contribution in [-0.4, -0.2) is 43.6 Å². The number of carbonyl (C=O) groups excluding carboxylic acids is 2. The fourth-order valence-corrected chi connectivity index (χ4v) is 6.15. The summed E-state index contributed by atoms with van der Waals surface area (Å²) in [6.45, 7) is 0. The van der Waals surface area contributed by atoms with Gasteiger partial charge in [0.15, 0.2) is 0 Å². The van der Waals surface area contributed by atoms with Gasteiger partial charge in [0.05, 0.1) is 27.0 Å². The van der Waals surface area contributed by atoms with Crippen molar-refractivity contribution in [2.24, 2.45) is 0 Å². The first-order valence-corrected chi connectivity index (χ1v) is 15.0. The van der Waals surface area contributed by atoms with Gasteiger partial charge < -0.3 is 25.3 Å². The number of benzene rings is 3. The van der Waals surface area contributed by atoms with E-state index in [0.29, 0.717) is 34.2 Å². The first-order valence-electron chi connectivity index (χ1n) is 14.2. The highest BCUT2D eigenvalue weighted by Gasteiger charge is 2.37. The van der Waals surface area contributed by atoms with Gasteiger partial charge in [-0.15, -0.1) is 0 Å². The number of hydrogen-bond donors (Lipinski definition) is 2. The lowest BCUT2D eigenvalue weighted by Crippen LogP contribution is -2.47. The van der Waals surface area contributed by atoms with E-state index in [4.69, 9.17) is 19.9 Å². The molecule has 1 saturated carbocycles. The Morgan fingerprint density at radius 2 is 1.51 bits per heavy atom. The number of anilines is 2. The fourth-order valence-electron chi connectivity index (χ4n) is 5.39. The summed E-state index contributed by atoms with van der Waals surface area (Å²) < 4.78 is 20.7. The van der Waals surface area contributed by atoms with Gasteiger partial charge >= 0.3 is 0 Å². The SMILES string of the molecule is COc1ccc(-c2nsc(C(=O)N(c3cccc(OC)c3)C(C(=O)NC3CCCCC3)c3ccc(OC)cc3)c2N)cc1. The van der Waals surface area contributed by atoms with E-state index in [-0.39, 0.29) is 22.5 Å². The van der Waals surface area contributed by atoms with Crippen molar-refractivity contribution in [3.8, 4) is 28.5 Å². The van der Waals surface area contributed by atoms with Crippen LogP contribution in [0.4, 0.5) is 11.4 Å². The van der Waals surface area contributed by atoms with Crippen LogP contribution >= 0.6 is 11.5 Å². The van der Waals surface area contributed by atoms with Gasteiger partial charge in [-0.3, -0.25) is 14.5 Å². The van der Waals surface area contributed by atoms with Crippen molar-refractivity contribution in [1.82, 2.24) is 9.69 Å². The van der Waals surface area contributed by atoms with Crippen molar-refractivity contribution in [3.63, 3.8) is 0 Å². The van der Waals surface area contributed by atoms with E-state index in [1.807, 2.05) is 36.4 Å². The van der Waals surface area contributed by atoms with Crippen molar-refractivity contribution in [2.75, 3.05) is 32.0 Å². The van der Waals surface area contributed by atoms with Crippen molar-refractivity contribution in [1.29, 1.82) is 0 Å². The van der Waals surface area contributed by atoms with Crippen molar-refractivity contribution >= 4 is 34.7 Å². The molecule has 1 heterocycles. The highest BCUT2D eigenvalue weighted by atomic mass is 32.1. The molecule has 224 valence electrons. The van der Waals surface area contributed by atoms with Crippen LogP contribution < -0.4 is 30.2 Å². The molecule has 0 radical (unpaired) electrons. The Hall–Kier alpha value is -4.57. The number of nitrogens with one attached hydrogen (secondary N) is 1. The molecule has 5 rings (SSSR count). The second kappa shape index (κ2) is 13.6. The molecule has 2 amide bonds. The summed E-state index contributed by atoms with van der Waals surface area (Å²) in [4.78, 5) is 30.5. The number of methoxy groups -OCH3 is 3. The van der Waals surface area contributed by atoms with Crippen LogP contribution in [-0.2, 0) is 4.79 Å². The second-order valence-corrected chi connectivity index (χ2v) is 11.2. The maximum absolute atomic E-state index is 14.6. The predicted octanol–water partition coefficient (Wildman–Crippen LogP) is 6.26. The van der Waals surface area contributed by atoms with Gasteiger partial charge in [0.1, 0.15) is 33.9 Å². The predicted molar refractivity (Wildman–Crippen MR) is 169 cm³/mol. The Bertz CT molecular complexity index is 1550. The maximum Gasteiger partial charge on any atom is 0.273 e. The Morgan fingerprint density at radius 3 is 2.14 bits per heavy atom. The first kappa shape index (κ1) is 29.9. The molecule has 3 N–H and O–H groups in total. The van der Waals surface area contributed by atoms with Gasteiger partial charge in [0.2, 0.25) is 5.91 Å². The lowest BCUT2D eigenvalue weighted by Gasteiger charge is -2.33. The van der Waals surface area contributed by atoms with Gasteiger partial charge in [0, 0.05) is 23.4 Å². The average molecular weight is 601 g/mol. The number of amides is 2. The van der Waals surface area contributed by atoms with E-state index in [9.17, 15) is 9.59 Å². The summed E-state index contributed by atoms with van der Waals surface area (Å²) >= 11 is 1.01. The fraction of sp³-hybridized carbons (Fsp3) is 0.303. The number of nitrogens with two attached hydrogens (primary N) is 1. The number of carbonyl (C=O) groups is 2. The molecule has 1 aliphatic rings. The van der Waals surface area contributed by atoms with Crippen LogP contribution in [0.5, 0.6) is 17.2 Å². The summed E-state index contributed by atoms with van der Waals surface area (Å²) in [5.41, 5.74) is 9.22. The van der Waals surface area contributed by atoms with E-state index in [0.717, 1.165) is 49.2 Å². The number of ether oxygens (including phenoxy) is 3. The van der Waals surface area contributed by atoms with Crippen molar-refractivity contribution < 1.29 is 23.8 Å². The summed E-state index contributed by atoms with van der Waals surface area (Å²) in [6.07, 6.45) is 5.08. The molecule has 1 aromatic heterocycles. The molecule has 1 aliphatic carbocycles. The van der Waals surface area contributed by atoms with Gasteiger partial charge in [-0.05, 0) is 78.5 Å². The summed E-state index contributed by atoms with van der Waals surface area (Å²) in [6, 6.07) is 20.6. The Morgan fingerprint density at radius 1 is 0.884 bits per heavy atom. The maximum atomic E-state index is 14.6. The zero-order valence-electron chi connectivity index (χ0n) is 24.5. The second-order valence-electron chi connectivity index (χ2n) is 10.4. The Balaban J connectivity index is 1.61. The molecule has 3 aromatic carbocycles. The molecule has 0 spiro atoms. The third-order valence-electron chi connectivity index (χ3n) is 7.73. The van der Waals surface area contributed by atoms with Crippen LogP contribution in [0.3, 0.4) is 0 Å². The molecule has 1 fully saturated rings. The number of rotatable bonds is 10. The number of hydrogen-bond acceptors (Lipinski definition) is 8. The minimum absolute atomic E-state index is 0.0411. The van der Waals surface area contributed by atoms with Gasteiger partial charge in [-0.25, -0.2) is 0 Å². The monoisotopic (exact) mass is 600 g/mol. The third kappa shape index (κ3) is 6.59. The quantitative estimate of drug-likeness (QED) is 0.221. The topological polar surface area (TPSA) is 116 Å².